The zero-order valence-corrected chi connectivity index (χ0v) is 22.5. The summed E-state index contributed by atoms with van der Waals surface area (Å²) in [5.74, 6) is -1.08. The van der Waals surface area contributed by atoms with Gasteiger partial charge in [-0.25, -0.2) is 8.42 Å². The van der Waals surface area contributed by atoms with Crippen molar-refractivity contribution in [2.45, 2.75) is 29.0 Å². The van der Waals surface area contributed by atoms with Crippen LogP contribution in [0.25, 0.3) is 0 Å². The van der Waals surface area contributed by atoms with E-state index in [1.807, 2.05) is 0 Å². The van der Waals surface area contributed by atoms with E-state index in [2.05, 4.69) is 30.7 Å². The highest BCUT2D eigenvalue weighted by Gasteiger charge is 2.39. The lowest BCUT2D eigenvalue weighted by molar-refractivity contribution is -0.119. The Kier molecular flexibility index (Phi) is 7.92. The van der Waals surface area contributed by atoms with Gasteiger partial charge >= 0.3 is 0 Å². The number of anilines is 2. The first kappa shape index (κ1) is 27.1. The number of carbonyl (C=O) groups excluding carboxylic acids is 2. The molecule has 1 aliphatic rings. The molecule has 37 heavy (non-hydrogen) atoms. The van der Waals surface area contributed by atoms with E-state index in [9.17, 15) is 27.1 Å². The molecule has 10 nitrogen and oxygen atoms in total. The van der Waals surface area contributed by atoms with Gasteiger partial charge in [-0.1, -0.05) is 58.4 Å². The molecular formula is C24H25BrN4O6S2. The Bertz CT molecular complexity index is 1440. The van der Waals surface area contributed by atoms with Crippen LogP contribution in [0.3, 0.4) is 0 Å². The summed E-state index contributed by atoms with van der Waals surface area (Å²) in [7, 11) is -7.39. The quantitative estimate of drug-likeness (QED) is 0.211. The minimum absolute atomic E-state index is 0.00663. The first-order chi connectivity index (χ1) is 17.5. The molecule has 1 heterocycles. The third-order valence-corrected chi connectivity index (χ3v) is 9.69. The predicted molar refractivity (Wildman–Crippen MR) is 146 cm³/mol. The van der Waals surface area contributed by atoms with E-state index in [1.165, 1.54) is 12.1 Å². The first-order valence-electron chi connectivity index (χ1n) is 11.0. The van der Waals surface area contributed by atoms with Gasteiger partial charge in [-0.2, -0.15) is 4.72 Å². The van der Waals surface area contributed by atoms with Gasteiger partial charge in [0.25, 0.3) is 0 Å². The Morgan fingerprint density at radius 1 is 1.11 bits per heavy atom. The second kappa shape index (κ2) is 10.8. The number of benzene rings is 3. The monoisotopic (exact) mass is 608 g/mol. The fourth-order valence-electron chi connectivity index (χ4n) is 3.92. The highest BCUT2D eigenvalue weighted by molar-refractivity contribution is 9.10. The molecule has 3 aromatic carbocycles. The maximum absolute atomic E-state index is 13.2. The van der Waals surface area contributed by atoms with E-state index in [-0.39, 0.29) is 17.7 Å². The van der Waals surface area contributed by atoms with E-state index < -0.39 is 43.9 Å². The number of rotatable bonds is 8. The lowest BCUT2D eigenvalue weighted by atomic mass is 10.0. The van der Waals surface area contributed by atoms with E-state index in [4.69, 9.17) is 5.73 Å². The van der Waals surface area contributed by atoms with Crippen molar-refractivity contribution < 1.29 is 27.1 Å². The van der Waals surface area contributed by atoms with Crippen LogP contribution in [0.5, 0.6) is 0 Å². The summed E-state index contributed by atoms with van der Waals surface area (Å²) in [4.78, 5) is 25.0. The molecule has 0 saturated carbocycles. The number of sulfonamides is 1. The number of hydrogen-bond acceptors (Lipinski definition) is 7. The summed E-state index contributed by atoms with van der Waals surface area (Å²) in [6, 6.07) is 18.0. The van der Waals surface area contributed by atoms with Crippen LogP contribution in [0.1, 0.15) is 22.8 Å². The number of hydrogen-bond donors (Lipinski definition) is 6. The largest absolute Gasteiger partial charge is 0.397 e. The minimum atomic E-state index is -4.04. The lowest BCUT2D eigenvalue weighted by Gasteiger charge is -2.33. The second-order valence-electron chi connectivity index (χ2n) is 8.43. The number of nitrogens with two attached hydrogens (primary N) is 1. The van der Waals surface area contributed by atoms with Crippen LogP contribution in [-0.2, 0) is 26.0 Å². The Morgan fingerprint density at radius 2 is 1.78 bits per heavy atom. The van der Waals surface area contributed by atoms with Gasteiger partial charge in [-0.05, 0) is 47.9 Å². The predicted octanol–water partition coefficient (Wildman–Crippen LogP) is 3.79. The van der Waals surface area contributed by atoms with E-state index in [0.29, 0.717) is 27.0 Å². The molecular weight excluding hydrogens is 584 g/mol. The smallest absolute Gasteiger partial charge is 0.242 e. The first-order valence-corrected chi connectivity index (χ1v) is 14.9. The van der Waals surface area contributed by atoms with E-state index in [0.717, 1.165) is 0 Å². The van der Waals surface area contributed by atoms with Crippen molar-refractivity contribution >= 4 is 59.9 Å². The Morgan fingerprint density at radius 3 is 2.41 bits per heavy atom. The fraction of sp³-hybridized carbons (Fsp3) is 0.167. The van der Waals surface area contributed by atoms with Crippen LogP contribution in [0.4, 0.5) is 11.4 Å². The van der Waals surface area contributed by atoms with Gasteiger partial charge in [0.05, 0.1) is 22.7 Å². The third kappa shape index (κ3) is 6.32. The van der Waals surface area contributed by atoms with Crippen molar-refractivity contribution in [2.24, 2.45) is 0 Å². The normalized spacial score (nSPS) is 18.6. The molecule has 7 N–H and O–H groups in total. The Labute approximate surface area is 224 Å². The summed E-state index contributed by atoms with van der Waals surface area (Å²) in [5.41, 5.74) is 7.70. The number of carbonyl (C=O) groups is 2. The third-order valence-electron chi connectivity index (χ3n) is 5.77. The summed E-state index contributed by atoms with van der Waals surface area (Å²) in [5, 5.41) is 1.85. The minimum Gasteiger partial charge on any atom is -0.397 e. The maximum Gasteiger partial charge on any atom is 0.242 e. The zero-order chi connectivity index (χ0) is 26.8. The molecule has 1 fully saturated rings. The van der Waals surface area contributed by atoms with Crippen molar-refractivity contribution in [3.05, 3.63) is 88.4 Å². The van der Waals surface area contributed by atoms with Crippen LogP contribution in [0.2, 0.25) is 0 Å². The summed E-state index contributed by atoms with van der Waals surface area (Å²) in [6.45, 7) is 0. The molecule has 0 radical (unpaired) electrons. The summed E-state index contributed by atoms with van der Waals surface area (Å²) in [6.07, 6.45) is -0.109. The van der Waals surface area contributed by atoms with E-state index in [1.54, 1.807) is 60.7 Å². The van der Waals surface area contributed by atoms with Crippen LogP contribution in [0, 0.1) is 0 Å². The standard InChI is InChI=1S/C24H25BrN4O6S2/c25-18-12-15(10-11-17(18)22-14-23(30)29-37(22,34)35)13-21(24(31)27-20-9-5-4-8-19(20)26)28-36(32,33)16-6-2-1-3-7-16/h1-12,21-22,28,34-35H,13-14,26H2,(H,27,31)(H,29,30). The molecule has 0 spiro atoms. The maximum atomic E-state index is 13.2. The van der Waals surface area contributed by atoms with Crippen molar-refractivity contribution in [3.8, 4) is 0 Å². The van der Waals surface area contributed by atoms with Crippen LogP contribution >= 0.6 is 26.7 Å². The Balaban J connectivity index is 1.62. The fourth-order valence-corrected chi connectivity index (χ4v) is 7.49. The highest BCUT2D eigenvalue weighted by atomic mass is 79.9. The Hall–Kier alpha value is -2.94. The SMILES string of the molecule is Nc1ccccc1NC(=O)C(Cc1ccc(C2CC(=O)NS2(O)O)c(Br)c1)NS(=O)(=O)c1ccccc1. The van der Waals surface area contributed by atoms with Crippen molar-refractivity contribution in [2.75, 3.05) is 11.1 Å². The van der Waals surface area contributed by atoms with Gasteiger partial charge in [0, 0.05) is 4.47 Å². The zero-order valence-electron chi connectivity index (χ0n) is 19.3. The molecule has 13 heteroatoms. The number of amides is 2. The molecule has 2 amide bonds. The molecule has 4 rings (SSSR count). The van der Waals surface area contributed by atoms with Gasteiger partial charge < -0.3 is 11.1 Å². The molecule has 0 bridgehead atoms. The van der Waals surface area contributed by atoms with Gasteiger partial charge in [0.15, 0.2) is 0 Å². The summed E-state index contributed by atoms with van der Waals surface area (Å²) >= 11 is 3.41. The molecule has 3 aromatic rings. The van der Waals surface area contributed by atoms with Gasteiger partial charge in [0.1, 0.15) is 11.3 Å². The highest BCUT2D eigenvalue weighted by Crippen LogP contribution is 2.57. The topological polar surface area (TPSA) is 171 Å². The molecule has 2 atom stereocenters. The number of nitrogen functional groups attached to an aromatic ring is 1. The molecule has 0 aliphatic carbocycles. The average Bonchev–Trinajstić information content (AvgIpc) is 3.12. The van der Waals surface area contributed by atoms with Crippen molar-refractivity contribution in [1.29, 1.82) is 0 Å². The number of para-hydroxylation sites is 2. The van der Waals surface area contributed by atoms with Crippen LogP contribution in [-0.4, -0.2) is 35.4 Å². The van der Waals surface area contributed by atoms with E-state index >= 15 is 0 Å². The van der Waals surface area contributed by atoms with Gasteiger partial charge in [-0.3, -0.25) is 23.4 Å². The van der Waals surface area contributed by atoms with Crippen molar-refractivity contribution in [1.82, 2.24) is 9.44 Å². The van der Waals surface area contributed by atoms with Gasteiger partial charge in [-0.15, -0.1) is 10.8 Å². The molecule has 0 aromatic heterocycles. The summed E-state index contributed by atoms with van der Waals surface area (Å²) < 4.78 is 51.7. The van der Waals surface area contributed by atoms with Crippen LogP contribution in [0.15, 0.2) is 82.2 Å². The molecule has 1 saturated heterocycles. The molecule has 2 unspecified atom stereocenters. The molecule has 1 aliphatic heterocycles. The van der Waals surface area contributed by atoms with Crippen LogP contribution < -0.4 is 20.5 Å². The number of halogens is 1. The molecule has 196 valence electrons. The van der Waals surface area contributed by atoms with Crippen molar-refractivity contribution in [3.63, 3.8) is 0 Å². The van der Waals surface area contributed by atoms with Gasteiger partial charge in [0.2, 0.25) is 21.8 Å². The second-order valence-corrected chi connectivity index (χ2v) is 13.0. The number of nitrogens with one attached hydrogen (secondary N) is 3. The average molecular weight is 610 g/mol. The lowest BCUT2D eigenvalue weighted by Crippen LogP contribution is -2.45.